The van der Waals surface area contributed by atoms with Gasteiger partial charge in [0.15, 0.2) is 0 Å². The lowest BCUT2D eigenvalue weighted by atomic mass is 9.85. The van der Waals surface area contributed by atoms with Crippen LogP contribution in [0.15, 0.2) is 18.5 Å². The Labute approximate surface area is 110 Å². The number of aromatic nitrogens is 1. The summed E-state index contributed by atoms with van der Waals surface area (Å²) in [6, 6.07) is 1.89. The Balaban J connectivity index is 1.95. The highest BCUT2D eigenvalue weighted by Gasteiger charge is 2.28. The van der Waals surface area contributed by atoms with E-state index in [1.807, 2.05) is 20.0 Å². The van der Waals surface area contributed by atoms with Crippen LogP contribution in [0.5, 0.6) is 0 Å². The summed E-state index contributed by atoms with van der Waals surface area (Å²) in [5.74, 6) is 0.713. The molecule has 0 atom stereocenters. The summed E-state index contributed by atoms with van der Waals surface area (Å²) >= 11 is 3.57. The normalized spacial score (nSPS) is 23.0. The summed E-state index contributed by atoms with van der Waals surface area (Å²) in [6.07, 6.45) is 5.74. The van der Waals surface area contributed by atoms with Gasteiger partial charge in [-0.3, -0.25) is 9.78 Å². The summed E-state index contributed by atoms with van der Waals surface area (Å²) in [4.78, 5) is 18.6. The van der Waals surface area contributed by atoms with E-state index >= 15 is 0 Å². The van der Waals surface area contributed by atoms with E-state index < -0.39 is 0 Å². The van der Waals surface area contributed by atoms with E-state index in [1.54, 1.807) is 17.3 Å². The predicted octanol–water partition coefficient (Wildman–Crippen LogP) is 2.64. The summed E-state index contributed by atoms with van der Waals surface area (Å²) in [6.45, 7) is 2.79. The van der Waals surface area contributed by atoms with Crippen LogP contribution in [-0.2, 0) is 0 Å². The zero-order chi connectivity index (χ0) is 12.4. The number of nitrogens with zero attached hydrogens (tertiary/aromatic N) is 2. The van der Waals surface area contributed by atoms with Gasteiger partial charge >= 0.3 is 0 Å². The van der Waals surface area contributed by atoms with Crippen molar-refractivity contribution in [3.05, 3.63) is 29.6 Å². The van der Waals surface area contributed by atoms with Crippen LogP contribution in [0.25, 0.3) is 0 Å². The van der Waals surface area contributed by atoms with Crippen molar-refractivity contribution in [2.75, 3.05) is 13.6 Å². The van der Waals surface area contributed by atoms with Gasteiger partial charge in [-0.15, -0.1) is 0 Å². The third kappa shape index (κ3) is 3.06. The fourth-order valence-electron chi connectivity index (χ4n) is 2.17. The quantitative estimate of drug-likeness (QED) is 0.804. The zero-order valence-electron chi connectivity index (χ0n) is 10.2. The third-order valence-electron chi connectivity index (χ3n) is 3.18. The first-order valence-corrected chi connectivity index (χ1v) is 6.79. The molecule has 17 heavy (non-hydrogen) atoms. The second-order valence-electron chi connectivity index (χ2n) is 4.87. The van der Waals surface area contributed by atoms with Gasteiger partial charge < -0.3 is 4.90 Å². The second kappa shape index (κ2) is 5.17. The monoisotopic (exact) mass is 296 g/mol. The van der Waals surface area contributed by atoms with Gasteiger partial charge in [0.1, 0.15) is 0 Å². The maximum absolute atomic E-state index is 12.1. The Morgan fingerprint density at radius 3 is 2.82 bits per heavy atom. The van der Waals surface area contributed by atoms with Crippen LogP contribution < -0.4 is 0 Å². The third-order valence-corrected chi connectivity index (χ3v) is 3.93. The van der Waals surface area contributed by atoms with Crippen molar-refractivity contribution in [1.82, 2.24) is 9.88 Å². The minimum atomic E-state index is 0.0687. The van der Waals surface area contributed by atoms with Crippen LogP contribution in [-0.4, -0.2) is 34.2 Å². The van der Waals surface area contributed by atoms with Crippen molar-refractivity contribution in [1.29, 1.82) is 0 Å². The number of alkyl halides is 1. The Morgan fingerprint density at radius 2 is 2.24 bits per heavy atom. The molecule has 92 valence electrons. The number of carbonyl (C=O) groups is 1. The number of hydrogen-bond donors (Lipinski definition) is 0. The molecule has 0 bridgehead atoms. The van der Waals surface area contributed by atoms with Gasteiger partial charge in [-0.1, -0.05) is 15.9 Å². The lowest BCUT2D eigenvalue weighted by Gasteiger charge is -2.34. The molecule has 0 saturated heterocycles. The minimum Gasteiger partial charge on any atom is -0.341 e. The Morgan fingerprint density at radius 1 is 1.53 bits per heavy atom. The maximum atomic E-state index is 12.1. The van der Waals surface area contributed by atoms with Gasteiger partial charge in [-0.05, 0) is 37.3 Å². The molecule has 4 heteroatoms. The molecule has 0 unspecified atom stereocenters. The predicted molar refractivity (Wildman–Crippen MR) is 71.4 cm³/mol. The smallest absolute Gasteiger partial charge is 0.255 e. The molecule has 0 radical (unpaired) electrons. The molecule has 1 fully saturated rings. The molecule has 1 saturated carbocycles. The fourth-order valence-corrected chi connectivity index (χ4v) is 3.22. The van der Waals surface area contributed by atoms with Gasteiger partial charge in [-0.25, -0.2) is 0 Å². The molecule has 2 rings (SSSR count). The van der Waals surface area contributed by atoms with Gasteiger partial charge in [0.2, 0.25) is 0 Å². The van der Waals surface area contributed by atoms with E-state index in [1.165, 1.54) is 12.8 Å². The van der Waals surface area contributed by atoms with Gasteiger partial charge in [0.25, 0.3) is 5.91 Å². The van der Waals surface area contributed by atoms with Crippen molar-refractivity contribution in [2.45, 2.75) is 24.6 Å². The number of pyridine rings is 1. The number of rotatable bonds is 3. The van der Waals surface area contributed by atoms with E-state index in [9.17, 15) is 4.79 Å². The molecule has 1 aromatic heterocycles. The van der Waals surface area contributed by atoms with Crippen LogP contribution in [0.4, 0.5) is 0 Å². The van der Waals surface area contributed by atoms with Crippen molar-refractivity contribution in [3.8, 4) is 0 Å². The van der Waals surface area contributed by atoms with Gasteiger partial charge in [0.05, 0.1) is 5.56 Å². The average molecular weight is 297 g/mol. The average Bonchev–Trinajstić information content (AvgIpc) is 2.26. The minimum absolute atomic E-state index is 0.0687. The molecule has 3 nitrogen and oxygen atoms in total. The molecular formula is C13H17BrN2O. The van der Waals surface area contributed by atoms with E-state index in [-0.39, 0.29) is 5.91 Å². The van der Waals surface area contributed by atoms with E-state index in [4.69, 9.17) is 0 Å². The summed E-state index contributed by atoms with van der Waals surface area (Å²) < 4.78 is 0. The highest BCUT2D eigenvalue weighted by Crippen LogP contribution is 2.33. The number of carbonyl (C=O) groups excluding carboxylic acids is 1. The number of halogens is 1. The van der Waals surface area contributed by atoms with Gasteiger partial charge in [-0.2, -0.15) is 0 Å². The highest BCUT2D eigenvalue weighted by atomic mass is 79.9. The molecular weight excluding hydrogens is 280 g/mol. The van der Waals surface area contributed by atoms with E-state index in [0.717, 1.165) is 12.1 Å². The molecule has 0 aliphatic heterocycles. The fraction of sp³-hybridized carbons (Fsp3) is 0.538. The van der Waals surface area contributed by atoms with Crippen LogP contribution in [0.1, 0.15) is 28.8 Å². The first-order chi connectivity index (χ1) is 8.06. The molecule has 0 spiro atoms. The van der Waals surface area contributed by atoms with Crippen LogP contribution in [0, 0.1) is 12.8 Å². The Bertz CT molecular complexity index is 416. The Hall–Kier alpha value is -0.900. The number of hydrogen-bond acceptors (Lipinski definition) is 2. The van der Waals surface area contributed by atoms with Crippen LogP contribution >= 0.6 is 15.9 Å². The first kappa shape index (κ1) is 12.6. The van der Waals surface area contributed by atoms with Crippen molar-refractivity contribution < 1.29 is 4.79 Å². The molecule has 1 amide bonds. The molecule has 0 aromatic carbocycles. The lowest BCUT2D eigenvalue weighted by Crippen LogP contribution is -2.37. The number of amides is 1. The van der Waals surface area contributed by atoms with Crippen LogP contribution in [0.3, 0.4) is 0 Å². The van der Waals surface area contributed by atoms with E-state index in [2.05, 4.69) is 20.9 Å². The molecule has 0 N–H and O–H groups in total. The molecule has 1 aromatic rings. The summed E-state index contributed by atoms with van der Waals surface area (Å²) in [7, 11) is 1.87. The standard InChI is InChI=1S/C13H17BrN2O/c1-9-3-11(7-15-6-9)13(17)16(2)8-10-4-12(14)5-10/h3,6-7,10,12H,4-5,8H2,1-2H3. The maximum Gasteiger partial charge on any atom is 0.255 e. The first-order valence-electron chi connectivity index (χ1n) is 5.87. The topological polar surface area (TPSA) is 33.2 Å². The lowest BCUT2D eigenvalue weighted by molar-refractivity contribution is 0.0748. The summed E-state index contributed by atoms with van der Waals surface area (Å²) in [5, 5.41) is 0. The molecule has 1 heterocycles. The molecule has 1 aliphatic rings. The summed E-state index contributed by atoms with van der Waals surface area (Å²) in [5.41, 5.74) is 1.70. The second-order valence-corrected chi connectivity index (χ2v) is 6.17. The molecule has 1 aliphatic carbocycles. The SMILES string of the molecule is Cc1cncc(C(=O)N(C)CC2CC(Br)C2)c1. The number of aryl methyl sites for hydroxylation is 1. The van der Waals surface area contributed by atoms with Crippen molar-refractivity contribution in [2.24, 2.45) is 5.92 Å². The van der Waals surface area contributed by atoms with Crippen molar-refractivity contribution in [3.63, 3.8) is 0 Å². The zero-order valence-corrected chi connectivity index (χ0v) is 11.8. The van der Waals surface area contributed by atoms with Crippen LogP contribution in [0.2, 0.25) is 0 Å². The van der Waals surface area contributed by atoms with Gasteiger partial charge in [0, 0.05) is 30.8 Å². The van der Waals surface area contributed by atoms with Crippen molar-refractivity contribution >= 4 is 21.8 Å². The highest BCUT2D eigenvalue weighted by molar-refractivity contribution is 9.09. The Kier molecular flexibility index (Phi) is 3.82. The van der Waals surface area contributed by atoms with E-state index in [0.29, 0.717) is 16.3 Å². The largest absolute Gasteiger partial charge is 0.341 e.